The molecule has 3 aromatic rings. The summed E-state index contributed by atoms with van der Waals surface area (Å²) >= 11 is 0. The number of nitrogens with zero attached hydrogens (tertiary/aromatic N) is 2. The van der Waals surface area contributed by atoms with Crippen molar-refractivity contribution >= 4 is 11.8 Å². The van der Waals surface area contributed by atoms with Gasteiger partial charge in [-0.2, -0.15) is 0 Å². The van der Waals surface area contributed by atoms with E-state index in [2.05, 4.69) is 20.3 Å². The monoisotopic (exact) mass is 367 g/mol. The molecule has 0 aliphatic heterocycles. The van der Waals surface area contributed by atoms with E-state index in [1.165, 1.54) is 19.2 Å². The molecule has 0 aliphatic carbocycles. The molecule has 0 saturated heterocycles. The van der Waals surface area contributed by atoms with Crippen molar-refractivity contribution in [2.75, 3.05) is 12.4 Å². The molecule has 1 unspecified atom stereocenters. The van der Waals surface area contributed by atoms with E-state index in [0.29, 0.717) is 17.1 Å². The maximum atomic E-state index is 14.4. The fourth-order valence-electron chi connectivity index (χ4n) is 2.41. The molecule has 0 bridgehead atoms. The smallest absolute Gasteiger partial charge is 0.358 e. The van der Waals surface area contributed by atoms with E-state index in [9.17, 15) is 9.18 Å². The van der Waals surface area contributed by atoms with Crippen LogP contribution in [0.5, 0.6) is 11.5 Å². The lowest BCUT2D eigenvalue weighted by Crippen LogP contribution is -2.11. The molecule has 138 valence electrons. The normalized spacial score (nSPS) is 11.5. The number of hydrogen-bond acceptors (Lipinski definition) is 6. The third-order valence-electron chi connectivity index (χ3n) is 3.85. The highest BCUT2D eigenvalue weighted by Gasteiger charge is 2.13. The molecule has 6 nitrogen and oxygen atoms in total. The second-order valence-corrected chi connectivity index (χ2v) is 5.77. The number of hydrogen-bond donors (Lipinski definition) is 1. The van der Waals surface area contributed by atoms with E-state index in [4.69, 9.17) is 4.74 Å². The molecule has 1 N–H and O–H groups in total. The largest absolute Gasteiger partial charge is 0.464 e. The first-order valence-electron chi connectivity index (χ1n) is 8.28. The van der Waals surface area contributed by atoms with Crippen LogP contribution in [0.25, 0.3) is 0 Å². The lowest BCUT2D eigenvalue weighted by atomic mass is 10.1. The summed E-state index contributed by atoms with van der Waals surface area (Å²) in [5, 5.41) is 10.8. The number of rotatable bonds is 6. The fraction of sp³-hybridized carbons (Fsp3) is 0.150. The van der Waals surface area contributed by atoms with Gasteiger partial charge in [0, 0.05) is 0 Å². The van der Waals surface area contributed by atoms with Gasteiger partial charge >= 0.3 is 5.97 Å². The Morgan fingerprint density at radius 1 is 1.07 bits per heavy atom. The van der Waals surface area contributed by atoms with Crippen LogP contribution in [-0.4, -0.2) is 23.3 Å². The minimum Gasteiger partial charge on any atom is -0.464 e. The average molecular weight is 367 g/mol. The number of nitrogens with one attached hydrogen (secondary N) is 1. The molecular weight excluding hydrogens is 349 g/mol. The van der Waals surface area contributed by atoms with Crippen LogP contribution in [0.15, 0.2) is 60.7 Å². The van der Waals surface area contributed by atoms with E-state index in [1.807, 2.05) is 25.1 Å². The van der Waals surface area contributed by atoms with Crippen LogP contribution in [0.2, 0.25) is 0 Å². The molecule has 3 rings (SSSR count). The molecule has 1 aromatic heterocycles. The molecule has 7 heteroatoms. The van der Waals surface area contributed by atoms with Crippen LogP contribution >= 0.6 is 0 Å². The average Bonchev–Trinajstić information content (AvgIpc) is 2.70. The van der Waals surface area contributed by atoms with Crippen molar-refractivity contribution in [3.8, 4) is 11.5 Å². The summed E-state index contributed by atoms with van der Waals surface area (Å²) in [4.78, 5) is 11.4. The van der Waals surface area contributed by atoms with Gasteiger partial charge in [0.15, 0.2) is 17.3 Å². The van der Waals surface area contributed by atoms with Crippen LogP contribution in [0, 0.1) is 5.82 Å². The Morgan fingerprint density at radius 2 is 1.85 bits per heavy atom. The Balaban J connectivity index is 1.69. The number of halogens is 1. The number of carbonyl (C=O) groups excluding carboxylic acids is 1. The SMILES string of the molecule is COC(=O)c1ccc(NC(C)c2ccc(Oc3ccccc3)c(F)c2)nn1. The van der Waals surface area contributed by atoms with Crippen molar-refractivity contribution in [3.05, 3.63) is 77.7 Å². The highest BCUT2D eigenvalue weighted by atomic mass is 19.1. The van der Waals surface area contributed by atoms with Crippen molar-refractivity contribution in [1.82, 2.24) is 10.2 Å². The van der Waals surface area contributed by atoms with Crippen LogP contribution in [0.4, 0.5) is 10.2 Å². The second kappa shape index (κ2) is 8.27. The standard InChI is InChI=1S/C20H18FN3O3/c1-13(22-19-11-9-17(23-24-19)20(25)26-2)14-8-10-18(16(21)12-14)27-15-6-4-3-5-7-15/h3-13H,1-2H3,(H,22,24). The molecule has 0 aliphatic rings. The van der Waals surface area contributed by atoms with Crippen molar-refractivity contribution in [2.24, 2.45) is 0 Å². The van der Waals surface area contributed by atoms with Gasteiger partial charge in [0.2, 0.25) is 0 Å². The van der Waals surface area contributed by atoms with Crippen LogP contribution in [0.3, 0.4) is 0 Å². The summed E-state index contributed by atoms with van der Waals surface area (Å²) in [6, 6.07) is 16.7. The van der Waals surface area contributed by atoms with Crippen molar-refractivity contribution in [3.63, 3.8) is 0 Å². The number of methoxy groups -OCH3 is 1. The number of anilines is 1. The molecule has 0 radical (unpaired) electrons. The summed E-state index contributed by atoms with van der Waals surface area (Å²) in [7, 11) is 1.28. The van der Waals surface area contributed by atoms with Gasteiger partial charge in [-0.3, -0.25) is 0 Å². The molecule has 0 saturated carbocycles. The van der Waals surface area contributed by atoms with Crippen LogP contribution < -0.4 is 10.1 Å². The maximum absolute atomic E-state index is 14.4. The molecule has 0 spiro atoms. The number of benzene rings is 2. The fourth-order valence-corrected chi connectivity index (χ4v) is 2.41. The Kier molecular flexibility index (Phi) is 5.61. The summed E-state index contributed by atoms with van der Waals surface area (Å²) in [6.07, 6.45) is 0. The van der Waals surface area contributed by atoms with Gasteiger partial charge in [0.05, 0.1) is 13.2 Å². The zero-order valence-electron chi connectivity index (χ0n) is 14.8. The van der Waals surface area contributed by atoms with Gasteiger partial charge in [-0.1, -0.05) is 24.3 Å². The summed E-state index contributed by atoms with van der Waals surface area (Å²) < 4.78 is 24.5. The molecule has 0 fully saturated rings. The number of esters is 1. The van der Waals surface area contributed by atoms with Gasteiger partial charge in [-0.25, -0.2) is 9.18 Å². The zero-order valence-corrected chi connectivity index (χ0v) is 14.8. The first kappa shape index (κ1) is 18.3. The Hall–Kier alpha value is -3.48. The predicted molar refractivity (Wildman–Crippen MR) is 98.3 cm³/mol. The third kappa shape index (κ3) is 4.58. The Morgan fingerprint density at radius 3 is 2.48 bits per heavy atom. The summed E-state index contributed by atoms with van der Waals surface area (Å²) in [5.74, 6) is 0.158. The predicted octanol–water partition coefficient (Wildman–Crippen LogP) is 4.37. The minimum absolute atomic E-state index is 0.115. The van der Waals surface area contributed by atoms with Gasteiger partial charge < -0.3 is 14.8 Å². The number of para-hydroxylation sites is 1. The van der Waals surface area contributed by atoms with E-state index < -0.39 is 11.8 Å². The third-order valence-corrected chi connectivity index (χ3v) is 3.85. The van der Waals surface area contributed by atoms with E-state index >= 15 is 0 Å². The second-order valence-electron chi connectivity index (χ2n) is 5.77. The quantitative estimate of drug-likeness (QED) is 0.652. The minimum atomic E-state index is -0.557. The molecule has 1 heterocycles. The van der Waals surface area contributed by atoms with E-state index in [0.717, 1.165) is 0 Å². The van der Waals surface area contributed by atoms with Crippen molar-refractivity contribution in [1.29, 1.82) is 0 Å². The Bertz CT molecular complexity index is 918. The highest BCUT2D eigenvalue weighted by Crippen LogP contribution is 2.27. The van der Waals surface area contributed by atoms with Crippen LogP contribution in [0.1, 0.15) is 29.0 Å². The molecule has 0 amide bonds. The number of ether oxygens (including phenoxy) is 2. The molecular formula is C20H18FN3O3. The lowest BCUT2D eigenvalue weighted by molar-refractivity contribution is 0.0592. The van der Waals surface area contributed by atoms with Gasteiger partial charge in [0.25, 0.3) is 0 Å². The zero-order chi connectivity index (χ0) is 19.2. The molecule has 27 heavy (non-hydrogen) atoms. The highest BCUT2D eigenvalue weighted by molar-refractivity contribution is 5.86. The molecule has 1 atom stereocenters. The lowest BCUT2D eigenvalue weighted by Gasteiger charge is -2.16. The van der Waals surface area contributed by atoms with Crippen molar-refractivity contribution in [2.45, 2.75) is 13.0 Å². The van der Waals surface area contributed by atoms with Gasteiger partial charge in [-0.15, -0.1) is 10.2 Å². The van der Waals surface area contributed by atoms with Gasteiger partial charge in [0.1, 0.15) is 11.6 Å². The summed E-state index contributed by atoms with van der Waals surface area (Å²) in [6.45, 7) is 1.86. The van der Waals surface area contributed by atoms with Crippen molar-refractivity contribution < 1.29 is 18.7 Å². The Labute approximate surface area is 156 Å². The summed E-state index contributed by atoms with van der Waals surface area (Å²) in [5.41, 5.74) is 0.830. The first-order chi connectivity index (χ1) is 13.1. The number of aromatic nitrogens is 2. The molecule has 2 aromatic carbocycles. The number of carbonyl (C=O) groups is 1. The first-order valence-corrected chi connectivity index (χ1v) is 8.28. The topological polar surface area (TPSA) is 73.3 Å². The van der Waals surface area contributed by atoms with E-state index in [-0.39, 0.29) is 17.5 Å². The van der Waals surface area contributed by atoms with Gasteiger partial charge in [-0.05, 0) is 48.9 Å². The van der Waals surface area contributed by atoms with E-state index in [1.54, 1.807) is 30.3 Å². The maximum Gasteiger partial charge on any atom is 0.358 e. The van der Waals surface area contributed by atoms with Crippen LogP contribution in [-0.2, 0) is 4.74 Å².